The zero-order chi connectivity index (χ0) is 22.7. The first kappa shape index (κ1) is 22.5. The minimum Gasteiger partial charge on any atom is -0.481 e. The second-order valence-electron chi connectivity index (χ2n) is 8.21. The summed E-state index contributed by atoms with van der Waals surface area (Å²) in [6, 6.07) is 5.34. The lowest BCUT2D eigenvalue weighted by molar-refractivity contribution is -0.138. The molecule has 0 aliphatic carbocycles. The van der Waals surface area contributed by atoms with Gasteiger partial charge in [0.25, 0.3) is 5.91 Å². The van der Waals surface area contributed by atoms with E-state index in [0.29, 0.717) is 62.4 Å². The summed E-state index contributed by atoms with van der Waals surface area (Å²) in [7, 11) is 0. The van der Waals surface area contributed by atoms with Gasteiger partial charge in [0.1, 0.15) is 11.6 Å². The van der Waals surface area contributed by atoms with Crippen LogP contribution < -0.4 is 10.1 Å². The first-order valence-corrected chi connectivity index (χ1v) is 11.3. The largest absolute Gasteiger partial charge is 0.481 e. The number of carbonyl (C=O) groups is 2. The molecule has 1 saturated heterocycles. The average Bonchev–Trinajstić information content (AvgIpc) is 3.40. The van der Waals surface area contributed by atoms with Gasteiger partial charge >= 0.3 is 0 Å². The van der Waals surface area contributed by atoms with Crippen molar-refractivity contribution in [2.75, 3.05) is 26.3 Å². The Morgan fingerprint density at radius 2 is 2.16 bits per heavy atom. The smallest absolute Gasteiger partial charge is 0.263 e. The number of aromatic nitrogens is 3. The van der Waals surface area contributed by atoms with Gasteiger partial charge < -0.3 is 24.3 Å². The minimum absolute atomic E-state index is 0.0197. The van der Waals surface area contributed by atoms with Crippen molar-refractivity contribution < 1.29 is 19.1 Å². The second-order valence-corrected chi connectivity index (χ2v) is 8.64. The van der Waals surface area contributed by atoms with Gasteiger partial charge in [-0.05, 0) is 44.0 Å². The number of hydrogen-bond donors (Lipinski definition) is 1. The maximum atomic E-state index is 13.0. The Balaban J connectivity index is 1.34. The Morgan fingerprint density at radius 3 is 2.91 bits per heavy atom. The molecule has 3 heterocycles. The molecule has 0 saturated carbocycles. The lowest BCUT2D eigenvalue weighted by atomic mass is 10.1. The number of carbonyl (C=O) groups excluding carboxylic acids is 2. The van der Waals surface area contributed by atoms with Gasteiger partial charge in [0.2, 0.25) is 5.91 Å². The second kappa shape index (κ2) is 9.87. The van der Waals surface area contributed by atoms with E-state index in [1.807, 2.05) is 17.6 Å². The Morgan fingerprint density at radius 1 is 1.31 bits per heavy atom. The Kier molecular flexibility index (Phi) is 6.95. The highest BCUT2D eigenvalue weighted by atomic mass is 35.5. The van der Waals surface area contributed by atoms with Crippen molar-refractivity contribution in [3.63, 3.8) is 0 Å². The van der Waals surface area contributed by atoms with Gasteiger partial charge in [0.15, 0.2) is 11.9 Å². The monoisotopic (exact) mass is 461 g/mol. The lowest BCUT2D eigenvalue weighted by Crippen LogP contribution is -2.42. The van der Waals surface area contributed by atoms with Crippen LogP contribution >= 0.6 is 11.6 Å². The summed E-state index contributed by atoms with van der Waals surface area (Å²) in [5.74, 6) is 1.97. The summed E-state index contributed by atoms with van der Waals surface area (Å²) in [5.41, 5.74) is 0.884. The number of ether oxygens (including phenoxy) is 2. The van der Waals surface area contributed by atoms with E-state index in [-0.39, 0.29) is 17.7 Å². The molecule has 1 N–H and O–H groups in total. The fourth-order valence-electron chi connectivity index (χ4n) is 4.03. The summed E-state index contributed by atoms with van der Waals surface area (Å²) in [4.78, 5) is 27.1. The van der Waals surface area contributed by atoms with Crippen molar-refractivity contribution in [3.8, 4) is 5.75 Å². The van der Waals surface area contributed by atoms with Gasteiger partial charge in [-0.15, -0.1) is 10.2 Å². The number of halogens is 1. The van der Waals surface area contributed by atoms with Crippen LogP contribution in [0, 0.1) is 12.8 Å². The normalized spacial score (nSPS) is 19.2. The zero-order valence-corrected chi connectivity index (χ0v) is 19.1. The van der Waals surface area contributed by atoms with Crippen molar-refractivity contribution in [3.05, 3.63) is 40.4 Å². The number of amides is 2. The first-order chi connectivity index (χ1) is 15.4. The van der Waals surface area contributed by atoms with E-state index in [0.717, 1.165) is 17.8 Å². The number of nitrogens with one attached hydrogen (secondary N) is 1. The van der Waals surface area contributed by atoms with Gasteiger partial charge in [0, 0.05) is 37.7 Å². The van der Waals surface area contributed by atoms with E-state index in [2.05, 4.69) is 15.5 Å². The molecule has 32 heavy (non-hydrogen) atoms. The standard InChI is InChI=1S/C22H28ClN5O4/c1-14-11-17(23)3-4-18(14)32-15(2)22(30)27-7-5-19-25-26-20(28(19)9-8-27)12-24-21(29)16-6-10-31-13-16/h3-4,11,15-16H,5-10,12-13H2,1-2H3,(H,24,29)/t15-,16+/m0/s1. The van der Waals surface area contributed by atoms with E-state index in [1.54, 1.807) is 24.0 Å². The molecular formula is C22H28ClN5O4. The third-order valence-corrected chi connectivity index (χ3v) is 6.16. The van der Waals surface area contributed by atoms with Crippen molar-refractivity contribution in [2.45, 2.75) is 45.9 Å². The van der Waals surface area contributed by atoms with Gasteiger partial charge in [-0.1, -0.05) is 11.6 Å². The minimum atomic E-state index is -0.620. The molecule has 0 unspecified atom stereocenters. The van der Waals surface area contributed by atoms with Gasteiger partial charge in [-0.25, -0.2) is 0 Å². The summed E-state index contributed by atoms with van der Waals surface area (Å²) in [6.45, 7) is 6.69. The number of hydrogen-bond acceptors (Lipinski definition) is 6. The molecule has 0 bridgehead atoms. The van der Waals surface area contributed by atoms with Gasteiger partial charge in [-0.3, -0.25) is 9.59 Å². The predicted molar refractivity (Wildman–Crippen MR) is 117 cm³/mol. The molecule has 4 rings (SSSR count). The summed E-state index contributed by atoms with van der Waals surface area (Å²) in [6.07, 6.45) is 0.720. The highest BCUT2D eigenvalue weighted by Gasteiger charge is 2.27. The maximum absolute atomic E-state index is 13.0. The number of benzene rings is 1. The zero-order valence-electron chi connectivity index (χ0n) is 18.3. The molecule has 1 aromatic carbocycles. The number of aryl methyl sites for hydroxylation is 1. The summed E-state index contributed by atoms with van der Waals surface area (Å²) >= 11 is 6.00. The van der Waals surface area contributed by atoms with Crippen LogP contribution in [0.3, 0.4) is 0 Å². The third-order valence-electron chi connectivity index (χ3n) is 5.92. The highest BCUT2D eigenvalue weighted by Crippen LogP contribution is 2.23. The topological polar surface area (TPSA) is 98.6 Å². The molecular weight excluding hydrogens is 434 g/mol. The quantitative estimate of drug-likeness (QED) is 0.703. The molecule has 2 amide bonds. The van der Waals surface area contributed by atoms with Crippen molar-refractivity contribution in [1.29, 1.82) is 0 Å². The lowest BCUT2D eigenvalue weighted by Gasteiger charge is -2.25. The number of fused-ring (bicyclic) bond motifs is 1. The van der Waals surface area contributed by atoms with E-state index in [1.165, 1.54) is 0 Å². The Hall–Kier alpha value is -2.65. The molecule has 0 spiro atoms. The molecule has 2 atom stereocenters. The van der Waals surface area contributed by atoms with E-state index < -0.39 is 6.10 Å². The van der Waals surface area contributed by atoms with Crippen LogP contribution in [0.5, 0.6) is 5.75 Å². The summed E-state index contributed by atoms with van der Waals surface area (Å²) in [5, 5.41) is 12.1. The van der Waals surface area contributed by atoms with Crippen molar-refractivity contribution in [1.82, 2.24) is 25.0 Å². The predicted octanol–water partition coefficient (Wildman–Crippen LogP) is 1.74. The Bertz CT molecular complexity index is 989. The highest BCUT2D eigenvalue weighted by molar-refractivity contribution is 6.30. The van der Waals surface area contributed by atoms with Gasteiger partial charge in [0.05, 0.1) is 19.1 Å². The summed E-state index contributed by atoms with van der Waals surface area (Å²) < 4.78 is 13.2. The Labute approximate surface area is 192 Å². The molecule has 1 fully saturated rings. The fraction of sp³-hybridized carbons (Fsp3) is 0.545. The molecule has 2 aliphatic rings. The SMILES string of the molecule is Cc1cc(Cl)ccc1O[C@@H](C)C(=O)N1CCc2nnc(CNC(=O)[C@@H]3CCOC3)n2CC1. The van der Waals surface area contributed by atoms with Gasteiger partial charge in [-0.2, -0.15) is 0 Å². The molecule has 172 valence electrons. The van der Waals surface area contributed by atoms with Crippen molar-refractivity contribution >= 4 is 23.4 Å². The number of nitrogens with zero attached hydrogens (tertiary/aromatic N) is 4. The maximum Gasteiger partial charge on any atom is 0.263 e. The first-order valence-electron chi connectivity index (χ1n) is 10.9. The van der Waals surface area contributed by atoms with Crippen LogP contribution in [0.15, 0.2) is 18.2 Å². The average molecular weight is 462 g/mol. The molecule has 2 aliphatic heterocycles. The molecule has 10 heteroatoms. The van der Waals surface area contributed by atoms with Crippen LogP contribution in [0.4, 0.5) is 0 Å². The van der Waals surface area contributed by atoms with E-state index >= 15 is 0 Å². The van der Waals surface area contributed by atoms with E-state index in [9.17, 15) is 9.59 Å². The van der Waals surface area contributed by atoms with E-state index in [4.69, 9.17) is 21.1 Å². The van der Waals surface area contributed by atoms with Crippen LogP contribution in [0.2, 0.25) is 5.02 Å². The van der Waals surface area contributed by atoms with Crippen molar-refractivity contribution in [2.24, 2.45) is 5.92 Å². The molecule has 0 radical (unpaired) electrons. The molecule has 9 nitrogen and oxygen atoms in total. The van der Waals surface area contributed by atoms with Crippen LogP contribution in [-0.2, 0) is 33.8 Å². The fourth-order valence-corrected chi connectivity index (χ4v) is 4.26. The molecule has 2 aromatic rings. The number of rotatable bonds is 6. The van der Waals surface area contributed by atoms with Crippen LogP contribution in [0.25, 0.3) is 0 Å². The molecule has 1 aromatic heterocycles. The van der Waals surface area contributed by atoms with Crippen LogP contribution in [0.1, 0.15) is 30.6 Å². The third kappa shape index (κ3) is 5.05. The van der Waals surface area contributed by atoms with Crippen LogP contribution in [-0.4, -0.2) is 63.9 Å².